The molecule has 1 aliphatic rings. The van der Waals surface area contributed by atoms with E-state index >= 15 is 0 Å². The van der Waals surface area contributed by atoms with E-state index in [1.165, 1.54) is 23.1 Å². The Bertz CT molecular complexity index is 639. The molecule has 1 aromatic heterocycles. The van der Waals surface area contributed by atoms with E-state index < -0.39 is 0 Å². The molecular formula is C16H20N4OS2. The summed E-state index contributed by atoms with van der Waals surface area (Å²) in [5, 5.41) is 12.2. The van der Waals surface area contributed by atoms with Gasteiger partial charge in [0.25, 0.3) is 0 Å². The Morgan fingerprint density at radius 2 is 2.04 bits per heavy atom. The zero-order valence-electron chi connectivity index (χ0n) is 13.1. The maximum atomic E-state index is 12.2. The highest BCUT2D eigenvalue weighted by Crippen LogP contribution is 2.28. The number of nitrogens with one attached hydrogen (secondary N) is 1. The second-order valence-electron chi connectivity index (χ2n) is 5.72. The van der Waals surface area contributed by atoms with Crippen LogP contribution in [0, 0.1) is 5.92 Å². The number of piperidine rings is 1. The Morgan fingerprint density at radius 3 is 2.78 bits per heavy atom. The standard InChI is InChI=1S/C16H20N4OS2/c1-12-7-9-20(10-8-12)14(21)11-22-16-19-18-15(23-16)17-13-5-3-2-4-6-13/h2-6,12H,7-11H2,1H3,(H,17,18). The van der Waals surface area contributed by atoms with Gasteiger partial charge in [0, 0.05) is 18.8 Å². The highest BCUT2D eigenvalue weighted by atomic mass is 32.2. The molecule has 1 aromatic carbocycles. The average molecular weight is 348 g/mol. The first-order chi connectivity index (χ1) is 11.2. The summed E-state index contributed by atoms with van der Waals surface area (Å²) in [6, 6.07) is 9.87. The van der Waals surface area contributed by atoms with E-state index in [0.717, 1.165) is 47.0 Å². The maximum absolute atomic E-state index is 12.2. The molecular weight excluding hydrogens is 328 g/mol. The van der Waals surface area contributed by atoms with Crippen molar-refractivity contribution in [2.45, 2.75) is 24.1 Å². The van der Waals surface area contributed by atoms with Gasteiger partial charge in [-0.05, 0) is 30.9 Å². The van der Waals surface area contributed by atoms with Crippen LogP contribution in [-0.4, -0.2) is 39.8 Å². The van der Waals surface area contributed by atoms with Crippen molar-refractivity contribution in [1.29, 1.82) is 0 Å². The maximum Gasteiger partial charge on any atom is 0.233 e. The lowest BCUT2D eigenvalue weighted by Crippen LogP contribution is -2.38. The number of hydrogen-bond acceptors (Lipinski definition) is 6. The molecule has 122 valence electrons. The third-order valence-electron chi connectivity index (χ3n) is 3.89. The van der Waals surface area contributed by atoms with Crippen molar-refractivity contribution in [2.24, 2.45) is 5.92 Å². The number of carbonyl (C=O) groups excluding carboxylic acids is 1. The number of hydrogen-bond donors (Lipinski definition) is 1. The van der Waals surface area contributed by atoms with Crippen LogP contribution in [0.25, 0.3) is 0 Å². The molecule has 0 aliphatic carbocycles. The van der Waals surface area contributed by atoms with Crippen LogP contribution in [0.2, 0.25) is 0 Å². The van der Waals surface area contributed by atoms with E-state index in [0.29, 0.717) is 5.75 Å². The van der Waals surface area contributed by atoms with Crippen LogP contribution in [0.5, 0.6) is 0 Å². The predicted octanol–water partition coefficient (Wildman–Crippen LogP) is 3.63. The topological polar surface area (TPSA) is 58.1 Å². The van der Waals surface area contributed by atoms with Gasteiger partial charge in [-0.25, -0.2) is 0 Å². The number of anilines is 2. The van der Waals surface area contributed by atoms with Gasteiger partial charge < -0.3 is 10.2 Å². The van der Waals surface area contributed by atoms with Crippen molar-refractivity contribution in [3.05, 3.63) is 30.3 Å². The molecule has 0 bridgehead atoms. The summed E-state index contributed by atoms with van der Waals surface area (Å²) in [5.41, 5.74) is 0.985. The molecule has 0 spiro atoms. The number of rotatable bonds is 5. The second-order valence-corrected chi connectivity index (χ2v) is 7.92. The van der Waals surface area contributed by atoms with Gasteiger partial charge in [-0.3, -0.25) is 4.79 Å². The minimum absolute atomic E-state index is 0.203. The monoisotopic (exact) mass is 348 g/mol. The summed E-state index contributed by atoms with van der Waals surface area (Å²) in [6.07, 6.45) is 2.22. The minimum Gasteiger partial charge on any atom is -0.342 e. The number of thioether (sulfide) groups is 1. The lowest BCUT2D eigenvalue weighted by Gasteiger charge is -2.30. The van der Waals surface area contributed by atoms with E-state index in [2.05, 4.69) is 22.4 Å². The number of aromatic nitrogens is 2. The van der Waals surface area contributed by atoms with Gasteiger partial charge in [-0.15, -0.1) is 10.2 Å². The fourth-order valence-electron chi connectivity index (χ4n) is 2.44. The summed E-state index contributed by atoms with van der Waals surface area (Å²) in [6.45, 7) is 4.02. The smallest absolute Gasteiger partial charge is 0.233 e. The molecule has 1 fully saturated rings. The molecule has 5 nitrogen and oxygen atoms in total. The Labute approximate surface area is 144 Å². The van der Waals surface area contributed by atoms with Gasteiger partial charge in [0.1, 0.15) is 0 Å². The second kappa shape index (κ2) is 7.79. The zero-order valence-corrected chi connectivity index (χ0v) is 14.7. The molecule has 1 N–H and O–H groups in total. The van der Waals surface area contributed by atoms with Crippen molar-refractivity contribution in [2.75, 3.05) is 24.2 Å². The van der Waals surface area contributed by atoms with E-state index in [-0.39, 0.29) is 5.91 Å². The van der Waals surface area contributed by atoms with E-state index in [1.807, 2.05) is 35.2 Å². The molecule has 0 atom stereocenters. The number of para-hydroxylation sites is 1. The molecule has 2 aromatic rings. The van der Waals surface area contributed by atoms with Crippen LogP contribution in [0.4, 0.5) is 10.8 Å². The van der Waals surface area contributed by atoms with Gasteiger partial charge in [0.2, 0.25) is 11.0 Å². The predicted molar refractivity (Wildman–Crippen MR) is 95.3 cm³/mol. The largest absolute Gasteiger partial charge is 0.342 e. The molecule has 3 rings (SSSR count). The number of benzene rings is 1. The van der Waals surface area contributed by atoms with E-state index in [4.69, 9.17) is 0 Å². The first-order valence-electron chi connectivity index (χ1n) is 7.77. The minimum atomic E-state index is 0.203. The fraction of sp³-hybridized carbons (Fsp3) is 0.438. The van der Waals surface area contributed by atoms with Gasteiger partial charge >= 0.3 is 0 Å². The summed E-state index contributed by atoms with van der Waals surface area (Å²) in [4.78, 5) is 14.2. The van der Waals surface area contributed by atoms with Crippen molar-refractivity contribution in [3.8, 4) is 0 Å². The molecule has 1 saturated heterocycles. The van der Waals surface area contributed by atoms with E-state index in [1.54, 1.807) is 0 Å². The summed E-state index contributed by atoms with van der Waals surface area (Å²) in [5.74, 6) is 1.38. The zero-order chi connectivity index (χ0) is 16.1. The molecule has 2 heterocycles. The van der Waals surface area contributed by atoms with Crippen LogP contribution in [-0.2, 0) is 4.79 Å². The Kier molecular flexibility index (Phi) is 5.51. The van der Waals surface area contributed by atoms with Gasteiger partial charge in [0.05, 0.1) is 5.75 Å². The van der Waals surface area contributed by atoms with Crippen molar-refractivity contribution in [1.82, 2.24) is 15.1 Å². The van der Waals surface area contributed by atoms with Crippen LogP contribution in [0.15, 0.2) is 34.7 Å². The van der Waals surface area contributed by atoms with Gasteiger partial charge in [0.15, 0.2) is 4.34 Å². The Balaban J connectivity index is 1.48. The molecule has 0 radical (unpaired) electrons. The average Bonchev–Trinajstić information content (AvgIpc) is 3.02. The molecule has 23 heavy (non-hydrogen) atoms. The SMILES string of the molecule is CC1CCN(C(=O)CSc2nnc(Nc3ccccc3)s2)CC1. The van der Waals surface area contributed by atoms with E-state index in [9.17, 15) is 4.79 Å². The number of amides is 1. The lowest BCUT2D eigenvalue weighted by molar-refractivity contribution is -0.129. The lowest BCUT2D eigenvalue weighted by atomic mass is 9.99. The van der Waals surface area contributed by atoms with Gasteiger partial charge in [-0.2, -0.15) is 0 Å². The number of likely N-dealkylation sites (tertiary alicyclic amines) is 1. The molecule has 0 saturated carbocycles. The van der Waals surface area contributed by atoms with Crippen molar-refractivity contribution in [3.63, 3.8) is 0 Å². The first kappa shape index (κ1) is 16.3. The first-order valence-corrected chi connectivity index (χ1v) is 9.57. The fourth-order valence-corrected chi connectivity index (χ4v) is 4.11. The summed E-state index contributed by atoms with van der Waals surface area (Å²) >= 11 is 2.94. The van der Waals surface area contributed by atoms with Crippen LogP contribution >= 0.6 is 23.1 Å². The van der Waals surface area contributed by atoms with Crippen molar-refractivity contribution < 1.29 is 4.79 Å². The highest BCUT2D eigenvalue weighted by molar-refractivity contribution is 8.01. The van der Waals surface area contributed by atoms with Gasteiger partial charge in [-0.1, -0.05) is 48.2 Å². The van der Waals surface area contributed by atoms with Crippen LogP contribution < -0.4 is 5.32 Å². The molecule has 7 heteroatoms. The summed E-state index contributed by atoms with van der Waals surface area (Å²) in [7, 11) is 0. The summed E-state index contributed by atoms with van der Waals surface area (Å²) < 4.78 is 0.821. The van der Waals surface area contributed by atoms with Crippen LogP contribution in [0.1, 0.15) is 19.8 Å². The third-order valence-corrected chi connectivity index (χ3v) is 5.84. The van der Waals surface area contributed by atoms with Crippen molar-refractivity contribution >= 4 is 39.8 Å². The highest BCUT2D eigenvalue weighted by Gasteiger charge is 2.20. The van der Waals surface area contributed by atoms with Crippen LogP contribution in [0.3, 0.4) is 0 Å². The molecule has 0 unspecified atom stereocenters. The number of carbonyl (C=O) groups is 1. The molecule has 1 aliphatic heterocycles. The Hall–Kier alpha value is -1.60. The third kappa shape index (κ3) is 4.68. The quantitative estimate of drug-likeness (QED) is 0.836. The number of nitrogens with zero attached hydrogens (tertiary/aromatic N) is 3. The molecule has 1 amide bonds. The Morgan fingerprint density at radius 1 is 1.30 bits per heavy atom. The normalized spacial score (nSPS) is 15.6.